The first-order valence-corrected chi connectivity index (χ1v) is 11.3. The SMILES string of the molecule is CCOc1ccc(C(=O)NC2CCN(CCOc3ccc(Cl)cc3)CC2)cc1OCC. The van der Waals surface area contributed by atoms with Crippen molar-refractivity contribution in [3.8, 4) is 17.2 Å². The van der Waals surface area contributed by atoms with Crippen molar-refractivity contribution in [3.63, 3.8) is 0 Å². The number of piperidine rings is 1. The van der Waals surface area contributed by atoms with Crippen LogP contribution in [-0.2, 0) is 0 Å². The van der Waals surface area contributed by atoms with Gasteiger partial charge in [0.05, 0.1) is 13.2 Å². The first-order chi connectivity index (χ1) is 15.1. The van der Waals surface area contributed by atoms with Crippen molar-refractivity contribution in [3.05, 3.63) is 53.1 Å². The van der Waals surface area contributed by atoms with Gasteiger partial charge < -0.3 is 19.5 Å². The number of amides is 1. The summed E-state index contributed by atoms with van der Waals surface area (Å²) in [6.07, 6.45) is 1.84. The van der Waals surface area contributed by atoms with Crippen LogP contribution < -0.4 is 19.5 Å². The molecule has 7 heteroatoms. The van der Waals surface area contributed by atoms with E-state index in [4.69, 9.17) is 25.8 Å². The van der Waals surface area contributed by atoms with Crippen LogP contribution in [0.2, 0.25) is 5.02 Å². The molecule has 0 spiro atoms. The minimum absolute atomic E-state index is 0.0754. The van der Waals surface area contributed by atoms with E-state index in [1.54, 1.807) is 18.2 Å². The normalized spacial score (nSPS) is 14.8. The second-order valence-corrected chi connectivity index (χ2v) is 7.86. The zero-order valence-corrected chi connectivity index (χ0v) is 19.0. The van der Waals surface area contributed by atoms with E-state index in [0.29, 0.717) is 41.9 Å². The topological polar surface area (TPSA) is 60.0 Å². The lowest BCUT2D eigenvalue weighted by molar-refractivity contribution is 0.0905. The number of benzene rings is 2. The van der Waals surface area contributed by atoms with Gasteiger partial charge in [-0.15, -0.1) is 0 Å². The molecule has 1 heterocycles. The number of hydrogen-bond acceptors (Lipinski definition) is 5. The molecule has 1 N–H and O–H groups in total. The van der Waals surface area contributed by atoms with Crippen LogP contribution in [-0.4, -0.2) is 56.3 Å². The standard InChI is InChI=1S/C24H31ClN2O4/c1-3-29-22-10-5-18(17-23(22)30-4-2)24(28)26-20-11-13-27(14-12-20)15-16-31-21-8-6-19(25)7-9-21/h5-10,17,20H,3-4,11-16H2,1-2H3,(H,26,28). The Hall–Kier alpha value is -2.44. The van der Waals surface area contributed by atoms with Crippen molar-refractivity contribution in [1.82, 2.24) is 10.2 Å². The number of rotatable bonds is 10. The van der Waals surface area contributed by atoms with E-state index in [-0.39, 0.29) is 11.9 Å². The largest absolute Gasteiger partial charge is 0.492 e. The molecular formula is C24H31ClN2O4. The molecule has 2 aromatic carbocycles. The fraction of sp³-hybridized carbons (Fsp3) is 0.458. The van der Waals surface area contributed by atoms with Gasteiger partial charge in [-0.25, -0.2) is 0 Å². The highest BCUT2D eigenvalue weighted by Gasteiger charge is 2.21. The maximum atomic E-state index is 12.7. The summed E-state index contributed by atoms with van der Waals surface area (Å²) in [6, 6.07) is 12.9. The number of hydrogen-bond donors (Lipinski definition) is 1. The highest BCUT2D eigenvalue weighted by atomic mass is 35.5. The van der Waals surface area contributed by atoms with Crippen LogP contribution in [0.3, 0.4) is 0 Å². The Balaban J connectivity index is 1.43. The summed E-state index contributed by atoms with van der Waals surface area (Å²) in [5, 5.41) is 3.86. The van der Waals surface area contributed by atoms with Crippen LogP contribution in [0.4, 0.5) is 0 Å². The highest BCUT2D eigenvalue weighted by molar-refractivity contribution is 6.30. The third-order valence-electron chi connectivity index (χ3n) is 5.22. The summed E-state index contributed by atoms with van der Waals surface area (Å²) in [4.78, 5) is 15.1. The van der Waals surface area contributed by atoms with Crippen molar-refractivity contribution in [2.75, 3.05) is 39.5 Å². The molecule has 0 bridgehead atoms. The number of nitrogens with zero attached hydrogens (tertiary/aromatic N) is 1. The average molecular weight is 447 g/mol. The zero-order valence-electron chi connectivity index (χ0n) is 18.2. The first kappa shape index (κ1) is 23.2. The Morgan fingerprint density at radius 1 is 1.00 bits per heavy atom. The molecule has 168 valence electrons. The lowest BCUT2D eigenvalue weighted by Crippen LogP contribution is -2.45. The van der Waals surface area contributed by atoms with Crippen LogP contribution in [0.15, 0.2) is 42.5 Å². The van der Waals surface area contributed by atoms with Crippen LogP contribution in [0, 0.1) is 0 Å². The van der Waals surface area contributed by atoms with E-state index < -0.39 is 0 Å². The lowest BCUT2D eigenvalue weighted by atomic mass is 10.0. The lowest BCUT2D eigenvalue weighted by Gasteiger charge is -2.32. The molecular weight excluding hydrogens is 416 g/mol. The molecule has 0 saturated carbocycles. The van der Waals surface area contributed by atoms with E-state index in [1.807, 2.05) is 38.1 Å². The van der Waals surface area contributed by atoms with E-state index in [9.17, 15) is 4.79 Å². The van der Waals surface area contributed by atoms with E-state index >= 15 is 0 Å². The predicted molar refractivity (Wildman–Crippen MR) is 123 cm³/mol. The van der Waals surface area contributed by atoms with Crippen molar-refractivity contribution in [1.29, 1.82) is 0 Å². The summed E-state index contributed by atoms with van der Waals surface area (Å²) in [6.45, 7) is 8.26. The molecule has 2 aromatic rings. The molecule has 0 radical (unpaired) electrons. The Bertz CT molecular complexity index is 836. The van der Waals surface area contributed by atoms with Crippen molar-refractivity contribution in [2.45, 2.75) is 32.7 Å². The minimum atomic E-state index is -0.0754. The van der Waals surface area contributed by atoms with Gasteiger partial charge in [-0.1, -0.05) is 11.6 Å². The summed E-state index contributed by atoms with van der Waals surface area (Å²) in [7, 11) is 0. The molecule has 0 aromatic heterocycles. The molecule has 31 heavy (non-hydrogen) atoms. The van der Waals surface area contributed by atoms with Gasteiger partial charge in [0, 0.05) is 36.3 Å². The van der Waals surface area contributed by atoms with E-state index in [1.165, 1.54) is 0 Å². The second-order valence-electron chi connectivity index (χ2n) is 7.42. The molecule has 0 atom stereocenters. The first-order valence-electron chi connectivity index (χ1n) is 10.9. The van der Waals surface area contributed by atoms with Gasteiger partial charge in [0.15, 0.2) is 11.5 Å². The summed E-state index contributed by atoms with van der Waals surface area (Å²) in [5.41, 5.74) is 0.589. The maximum absolute atomic E-state index is 12.7. The highest BCUT2D eigenvalue weighted by Crippen LogP contribution is 2.28. The Morgan fingerprint density at radius 3 is 2.35 bits per heavy atom. The quantitative estimate of drug-likeness (QED) is 0.585. The van der Waals surface area contributed by atoms with Crippen molar-refractivity contribution in [2.24, 2.45) is 0 Å². The monoisotopic (exact) mass is 446 g/mol. The summed E-state index contributed by atoms with van der Waals surface area (Å²) >= 11 is 5.89. The molecule has 1 amide bonds. The average Bonchev–Trinajstić information content (AvgIpc) is 2.78. The molecule has 1 aliphatic rings. The van der Waals surface area contributed by atoms with Gasteiger partial charge in [-0.3, -0.25) is 9.69 Å². The van der Waals surface area contributed by atoms with E-state index in [2.05, 4.69) is 10.2 Å². The third kappa shape index (κ3) is 7.04. The van der Waals surface area contributed by atoms with Gasteiger partial charge in [0.1, 0.15) is 12.4 Å². The number of halogens is 1. The van der Waals surface area contributed by atoms with Gasteiger partial charge >= 0.3 is 0 Å². The van der Waals surface area contributed by atoms with Gasteiger partial charge in [0.2, 0.25) is 0 Å². The Kier molecular flexibility index (Phi) is 8.85. The third-order valence-corrected chi connectivity index (χ3v) is 5.47. The zero-order chi connectivity index (χ0) is 22.1. The number of carbonyl (C=O) groups is 1. The number of nitrogens with one attached hydrogen (secondary N) is 1. The fourth-order valence-electron chi connectivity index (χ4n) is 3.59. The van der Waals surface area contributed by atoms with Crippen LogP contribution in [0.25, 0.3) is 0 Å². The predicted octanol–water partition coefficient (Wildman–Crippen LogP) is 4.41. The fourth-order valence-corrected chi connectivity index (χ4v) is 3.71. The molecule has 0 unspecified atom stereocenters. The van der Waals surface area contributed by atoms with Crippen LogP contribution in [0.5, 0.6) is 17.2 Å². The summed E-state index contributed by atoms with van der Waals surface area (Å²) in [5.74, 6) is 2.02. The van der Waals surface area contributed by atoms with Gasteiger partial charge in [-0.2, -0.15) is 0 Å². The summed E-state index contributed by atoms with van der Waals surface area (Å²) < 4.78 is 17.0. The molecule has 6 nitrogen and oxygen atoms in total. The van der Waals surface area contributed by atoms with Gasteiger partial charge in [-0.05, 0) is 69.2 Å². The minimum Gasteiger partial charge on any atom is -0.492 e. The molecule has 3 rings (SSSR count). The molecule has 1 aliphatic heterocycles. The molecule has 1 fully saturated rings. The molecule has 0 aliphatic carbocycles. The van der Waals surface area contributed by atoms with Gasteiger partial charge in [0.25, 0.3) is 5.91 Å². The Morgan fingerprint density at radius 2 is 1.68 bits per heavy atom. The van der Waals surface area contributed by atoms with Crippen molar-refractivity contribution < 1.29 is 19.0 Å². The maximum Gasteiger partial charge on any atom is 0.251 e. The van der Waals surface area contributed by atoms with Crippen LogP contribution in [0.1, 0.15) is 37.0 Å². The number of likely N-dealkylation sites (tertiary alicyclic amines) is 1. The van der Waals surface area contributed by atoms with Crippen molar-refractivity contribution >= 4 is 17.5 Å². The number of carbonyl (C=O) groups excluding carboxylic acids is 1. The second kappa shape index (κ2) is 11.8. The number of ether oxygens (including phenoxy) is 3. The van der Waals surface area contributed by atoms with E-state index in [0.717, 1.165) is 38.2 Å². The Labute approximate surface area is 189 Å². The smallest absolute Gasteiger partial charge is 0.251 e. The van der Waals surface area contributed by atoms with Crippen LogP contribution >= 0.6 is 11.6 Å². The molecule has 1 saturated heterocycles.